The highest BCUT2D eigenvalue weighted by molar-refractivity contribution is 7.85. The molecule has 0 radical (unpaired) electrons. The minimum absolute atomic E-state index is 0.196. The largest absolute Gasteiger partial charge is 0.508 e. The quantitative estimate of drug-likeness (QED) is 0.667. The van der Waals surface area contributed by atoms with Gasteiger partial charge in [0.2, 0.25) is 0 Å². The van der Waals surface area contributed by atoms with Gasteiger partial charge in [-0.2, -0.15) is 18.6 Å². The molecule has 0 bridgehead atoms. The van der Waals surface area contributed by atoms with Crippen LogP contribution in [0.1, 0.15) is 11.1 Å². The van der Waals surface area contributed by atoms with Crippen LogP contribution in [0.4, 0.5) is 11.4 Å². The highest BCUT2D eigenvalue weighted by Gasteiger charge is 2.08. The number of hydrogen-bond donors (Lipinski definition) is 2. The monoisotopic (exact) mass is 306 g/mol. The Morgan fingerprint density at radius 3 is 2.14 bits per heavy atom. The van der Waals surface area contributed by atoms with Crippen LogP contribution in [0.5, 0.6) is 5.75 Å². The maximum Gasteiger partial charge on any atom is 0.294 e. The summed E-state index contributed by atoms with van der Waals surface area (Å²) in [6.07, 6.45) is 0. The molecule has 2 rings (SSSR count). The molecule has 0 saturated heterocycles. The fourth-order valence-electron chi connectivity index (χ4n) is 1.69. The molecule has 0 saturated carbocycles. The van der Waals surface area contributed by atoms with Crippen molar-refractivity contribution in [3.05, 3.63) is 47.5 Å². The average molecular weight is 306 g/mol. The van der Waals surface area contributed by atoms with Crippen LogP contribution in [0.2, 0.25) is 0 Å². The van der Waals surface area contributed by atoms with Crippen molar-refractivity contribution in [2.24, 2.45) is 10.2 Å². The van der Waals surface area contributed by atoms with Crippen molar-refractivity contribution in [3.63, 3.8) is 0 Å². The van der Waals surface area contributed by atoms with Crippen molar-refractivity contribution < 1.29 is 18.1 Å². The Balaban J connectivity index is 2.28. The summed E-state index contributed by atoms with van der Waals surface area (Å²) in [5.74, 6) is 0.198. The van der Waals surface area contributed by atoms with Crippen LogP contribution >= 0.6 is 0 Å². The molecule has 0 heterocycles. The van der Waals surface area contributed by atoms with E-state index in [1.54, 1.807) is 26.0 Å². The summed E-state index contributed by atoms with van der Waals surface area (Å²) in [5.41, 5.74) is 2.53. The van der Waals surface area contributed by atoms with E-state index in [0.717, 1.165) is 5.56 Å². The molecule has 6 nitrogen and oxygen atoms in total. The third-order valence-corrected chi connectivity index (χ3v) is 3.79. The van der Waals surface area contributed by atoms with Crippen LogP contribution in [0.3, 0.4) is 0 Å². The summed E-state index contributed by atoms with van der Waals surface area (Å²) in [6, 6.07) is 8.69. The summed E-state index contributed by atoms with van der Waals surface area (Å²) in [6.45, 7) is 3.56. The number of nitrogens with zero attached hydrogens (tertiary/aromatic N) is 2. The smallest absolute Gasteiger partial charge is 0.294 e. The lowest BCUT2D eigenvalue weighted by Gasteiger charge is -2.03. The van der Waals surface area contributed by atoms with Crippen molar-refractivity contribution in [3.8, 4) is 5.75 Å². The van der Waals surface area contributed by atoms with Gasteiger partial charge in [0.15, 0.2) is 0 Å². The minimum Gasteiger partial charge on any atom is -0.508 e. The molecular weight excluding hydrogens is 292 g/mol. The van der Waals surface area contributed by atoms with E-state index in [9.17, 15) is 13.5 Å². The molecular formula is C14H14N2O4S. The Kier molecular flexibility index (Phi) is 4.06. The number of azo groups is 1. The van der Waals surface area contributed by atoms with E-state index in [1.165, 1.54) is 24.3 Å². The number of phenolic OH excluding ortho intramolecular Hbond substituents is 1. The minimum atomic E-state index is -4.20. The first-order valence-electron chi connectivity index (χ1n) is 6.07. The second-order valence-corrected chi connectivity index (χ2v) is 6.02. The average Bonchev–Trinajstić information content (AvgIpc) is 2.41. The lowest BCUT2D eigenvalue weighted by molar-refractivity contribution is 0.470. The zero-order valence-corrected chi connectivity index (χ0v) is 12.3. The Bertz CT molecular complexity index is 796. The second-order valence-electron chi connectivity index (χ2n) is 4.59. The molecule has 0 aromatic heterocycles. The number of phenols is 1. The third-order valence-electron chi connectivity index (χ3n) is 2.92. The molecule has 0 atom stereocenters. The lowest BCUT2D eigenvalue weighted by atomic mass is 10.1. The van der Waals surface area contributed by atoms with E-state index in [0.29, 0.717) is 16.9 Å². The SMILES string of the molecule is Cc1cc(/N=N/c2ccc(S(=O)(=O)O)cc2)c(C)cc1O. The summed E-state index contributed by atoms with van der Waals surface area (Å²) in [5, 5.41) is 17.6. The summed E-state index contributed by atoms with van der Waals surface area (Å²) >= 11 is 0. The zero-order valence-electron chi connectivity index (χ0n) is 11.5. The molecule has 0 aliphatic carbocycles. The van der Waals surface area contributed by atoms with Gasteiger partial charge in [0.25, 0.3) is 10.1 Å². The van der Waals surface area contributed by atoms with Crippen molar-refractivity contribution in [1.82, 2.24) is 0 Å². The molecule has 21 heavy (non-hydrogen) atoms. The molecule has 0 aliphatic rings. The topological polar surface area (TPSA) is 99.3 Å². The van der Waals surface area contributed by atoms with Crippen LogP contribution in [-0.2, 0) is 10.1 Å². The molecule has 2 N–H and O–H groups in total. The van der Waals surface area contributed by atoms with Gasteiger partial charge in [-0.1, -0.05) is 0 Å². The molecule has 110 valence electrons. The summed E-state index contributed by atoms with van der Waals surface area (Å²) in [7, 11) is -4.20. The zero-order chi connectivity index (χ0) is 15.6. The second kappa shape index (κ2) is 5.63. The molecule has 2 aromatic rings. The molecule has 7 heteroatoms. The highest BCUT2D eigenvalue weighted by Crippen LogP contribution is 2.28. The van der Waals surface area contributed by atoms with Gasteiger partial charge in [-0.15, -0.1) is 0 Å². The summed E-state index contributed by atoms with van der Waals surface area (Å²) < 4.78 is 30.7. The molecule has 2 aromatic carbocycles. The van der Waals surface area contributed by atoms with Gasteiger partial charge < -0.3 is 5.11 Å². The van der Waals surface area contributed by atoms with Crippen molar-refractivity contribution in [1.29, 1.82) is 0 Å². The fraction of sp³-hybridized carbons (Fsp3) is 0.143. The van der Waals surface area contributed by atoms with E-state index >= 15 is 0 Å². The lowest BCUT2D eigenvalue weighted by Crippen LogP contribution is -1.96. The van der Waals surface area contributed by atoms with Gasteiger partial charge in [0, 0.05) is 0 Å². The molecule has 0 unspecified atom stereocenters. The number of hydrogen-bond acceptors (Lipinski definition) is 5. The number of aryl methyl sites for hydroxylation is 2. The van der Waals surface area contributed by atoms with E-state index in [-0.39, 0.29) is 10.6 Å². The highest BCUT2D eigenvalue weighted by atomic mass is 32.2. The van der Waals surface area contributed by atoms with Crippen LogP contribution in [0.25, 0.3) is 0 Å². The predicted octanol–water partition coefficient (Wildman–Crippen LogP) is 3.67. The number of aromatic hydroxyl groups is 1. The Morgan fingerprint density at radius 1 is 0.952 bits per heavy atom. The van der Waals surface area contributed by atoms with E-state index in [2.05, 4.69) is 10.2 Å². The first-order chi connectivity index (χ1) is 9.77. The van der Waals surface area contributed by atoms with E-state index in [4.69, 9.17) is 4.55 Å². The van der Waals surface area contributed by atoms with Gasteiger partial charge in [-0.3, -0.25) is 4.55 Å². The van der Waals surface area contributed by atoms with Gasteiger partial charge in [0.05, 0.1) is 16.3 Å². The maximum atomic E-state index is 10.9. The van der Waals surface area contributed by atoms with E-state index in [1.807, 2.05) is 0 Å². The molecule has 0 aliphatic heterocycles. The van der Waals surface area contributed by atoms with Gasteiger partial charge in [0.1, 0.15) is 5.75 Å². The normalized spacial score (nSPS) is 12.0. The number of rotatable bonds is 3. The van der Waals surface area contributed by atoms with Crippen LogP contribution < -0.4 is 0 Å². The Hall–Kier alpha value is -2.25. The molecule has 0 amide bonds. The van der Waals surface area contributed by atoms with Crippen molar-refractivity contribution in [2.45, 2.75) is 18.7 Å². The predicted molar refractivity (Wildman–Crippen MR) is 78.0 cm³/mol. The maximum absolute atomic E-state index is 10.9. The third kappa shape index (κ3) is 3.65. The van der Waals surface area contributed by atoms with Crippen LogP contribution in [-0.4, -0.2) is 18.1 Å². The van der Waals surface area contributed by atoms with E-state index < -0.39 is 10.1 Å². The van der Waals surface area contributed by atoms with Crippen molar-refractivity contribution >= 4 is 21.5 Å². The molecule has 0 fully saturated rings. The van der Waals surface area contributed by atoms with Gasteiger partial charge in [-0.25, -0.2) is 0 Å². The first kappa shape index (κ1) is 15.1. The fourth-order valence-corrected chi connectivity index (χ4v) is 2.17. The van der Waals surface area contributed by atoms with Crippen molar-refractivity contribution in [2.75, 3.05) is 0 Å². The Morgan fingerprint density at radius 2 is 1.57 bits per heavy atom. The summed E-state index contributed by atoms with van der Waals surface area (Å²) in [4.78, 5) is -0.196. The van der Waals surface area contributed by atoms with Gasteiger partial charge >= 0.3 is 0 Å². The van der Waals surface area contributed by atoms with Crippen LogP contribution in [0.15, 0.2) is 51.5 Å². The molecule has 0 spiro atoms. The first-order valence-corrected chi connectivity index (χ1v) is 7.51. The standard InChI is InChI=1S/C14H14N2O4S/c1-9-8-14(17)10(2)7-13(9)16-15-11-3-5-12(6-4-11)21(18,19)20/h3-8,17H,1-2H3,(H,18,19,20)/b16-15+. The van der Waals surface area contributed by atoms with Crippen LogP contribution in [0, 0.1) is 13.8 Å². The number of benzene rings is 2. The van der Waals surface area contributed by atoms with Gasteiger partial charge in [-0.05, 0) is 61.4 Å². The Labute approximate surface area is 122 Å².